The smallest absolute Gasteiger partial charge is 0.145 e. The minimum atomic E-state index is 0.523. The van der Waals surface area contributed by atoms with Crippen molar-refractivity contribution in [2.75, 3.05) is 12.8 Å². The summed E-state index contributed by atoms with van der Waals surface area (Å²) in [7, 11) is 1.75. The number of nitrogens with one attached hydrogen (secondary N) is 1. The molecule has 0 aliphatic heterocycles. The summed E-state index contributed by atoms with van der Waals surface area (Å²) in [5, 5.41) is 6.97. The van der Waals surface area contributed by atoms with E-state index in [1.807, 2.05) is 6.07 Å². The highest BCUT2D eigenvalue weighted by Crippen LogP contribution is 2.39. The van der Waals surface area contributed by atoms with Gasteiger partial charge in [-0.1, -0.05) is 19.3 Å². The molecule has 3 N–H and O–H groups in total. The SMILES string of the molecule is COc1ccc(-c2cc(N)n[nH]2)cc1C1CCCCC1. The second-order valence-corrected chi connectivity index (χ2v) is 5.50. The Morgan fingerprint density at radius 1 is 1.20 bits per heavy atom. The molecule has 1 aliphatic carbocycles. The molecule has 0 unspecified atom stereocenters. The van der Waals surface area contributed by atoms with Crippen molar-refractivity contribution in [2.24, 2.45) is 0 Å². The van der Waals surface area contributed by atoms with Crippen LogP contribution < -0.4 is 10.5 Å². The van der Waals surface area contributed by atoms with Gasteiger partial charge in [-0.3, -0.25) is 5.10 Å². The summed E-state index contributed by atoms with van der Waals surface area (Å²) in [6, 6.07) is 8.20. The average Bonchev–Trinajstić information content (AvgIpc) is 2.94. The van der Waals surface area contributed by atoms with Crippen LogP contribution in [0.25, 0.3) is 11.3 Å². The number of hydrogen-bond acceptors (Lipinski definition) is 3. The van der Waals surface area contributed by atoms with Crippen LogP contribution in [0.3, 0.4) is 0 Å². The third-order valence-electron chi connectivity index (χ3n) is 4.18. The number of nitrogens with two attached hydrogens (primary N) is 1. The maximum Gasteiger partial charge on any atom is 0.145 e. The number of aromatic nitrogens is 2. The van der Waals surface area contributed by atoms with E-state index in [2.05, 4.69) is 28.4 Å². The first-order valence-corrected chi connectivity index (χ1v) is 7.27. The van der Waals surface area contributed by atoms with Gasteiger partial charge in [-0.15, -0.1) is 0 Å². The van der Waals surface area contributed by atoms with Crippen LogP contribution in [0.15, 0.2) is 24.3 Å². The van der Waals surface area contributed by atoms with Gasteiger partial charge in [0.2, 0.25) is 0 Å². The summed E-state index contributed by atoms with van der Waals surface area (Å²) in [6.07, 6.45) is 6.50. The molecule has 0 spiro atoms. The first kappa shape index (κ1) is 13.0. The van der Waals surface area contributed by atoms with Crippen LogP contribution >= 0.6 is 0 Å². The van der Waals surface area contributed by atoms with E-state index in [9.17, 15) is 0 Å². The summed E-state index contributed by atoms with van der Waals surface area (Å²) in [5.74, 6) is 2.13. The number of nitrogen functional groups attached to an aromatic ring is 1. The van der Waals surface area contributed by atoms with E-state index in [0.29, 0.717) is 11.7 Å². The van der Waals surface area contributed by atoms with Crippen LogP contribution in [0.4, 0.5) is 5.82 Å². The van der Waals surface area contributed by atoms with Crippen LogP contribution in [0.1, 0.15) is 43.6 Å². The molecule has 20 heavy (non-hydrogen) atoms. The van der Waals surface area contributed by atoms with Crippen LogP contribution in [-0.2, 0) is 0 Å². The molecule has 3 rings (SSSR count). The number of hydrogen-bond donors (Lipinski definition) is 2. The number of rotatable bonds is 3. The van der Waals surface area contributed by atoms with Crippen molar-refractivity contribution in [1.82, 2.24) is 10.2 Å². The Labute approximate surface area is 119 Å². The first-order valence-electron chi connectivity index (χ1n) is 7.27. The molecule has 106 valence electrons. The number of ether oxygens (including phenoxy) is 1. The van der Waals surface area contributed by atoms with Gasteiger partial charge in [0, 0.05) is 11.6 Å². The molecular weight excluding hydrogens is 250 g/mol. The highest BCUT2D eigenvalue weighted by Gasteiger charge is 2.20. The maximum absolute atomic E-state index is 5.69. The zero-order valence-electron chi connectivity index (χ0n) is 11.9. The fourth-order valence-electron chi connectivity index (χ4n) is 3.12. The number of aromatic amines is 1. The molecule has 1 fully saturated rings. The van der Waals surface area contributed by atoms with Crippen LogP contribution in [0.2, 0.25) is 0 Å². The molecule has 2 aromatic rings. The van der Waals surface area contributed by atoms with Gasteiger partial charge >= 0.3 is 0 Å². The van der Waals surface area contributed by atoms with Crippen molar-refractivity contribution in [2.45, 2.75) is 38.0 Å². The van der Waals surface area contributed by atoms with E-state index < -0.39 is 0 Å². The van der Waals surface area contributed by atoms with Crippen LogP contribution in [-0.4, -0.2) is 17.3 Å². The monoisotopic (exact) mass is 271 g/mol. The van der Waals surface area contributed by atoms with Crippen molar-refractivity contribution in [3.63, 3.8) is 0 Å². The standard InChI is InChI=1S/C16H21N3O/c1-20-15-8-7-12(14-10-16(17)19-18-14)9-13(15)11-5-3-2-4-6-11/h7-11H,2-6H2,1H3,(H3,17,18,19). The fraction of sp³-hybridized carbons (Fsp3) is 0.438. The van der Waals surface area contributed by atoms with Crippen molar-refractivity contribution in [3.05, 3.63) is 29.8 Å². The molecule has 0 radical (unpaired) electrons. The molecule has 1 heterocycles. The van der Waals surface area contributed by atoms with E-state index in [-0.39, 0.29) is 0 Å². The second kappa shape index (κ2) is 5.57. The quantitative estimate of drug-likeness (QED) is 0.894. The van der Waals surface area contributed by atoms with Gasteiger partial charge < -0.3 is 10.5 Å². The zero-order valence-corrected chi connectivity index (χ0v) is 11.9. The minimum Gasteiger partial charge on any atom is -0.496 e. The molecule has 1 aromatic heterocycles. The van der Waals surface area contributed by atoms with Gasteiger partial charge in [0.05, 0.1) is 12.8 Å². The number of methoxy groups -OCH3 is 1. The molecule has 0 amide bonds. The number of H-pyrrole nitrogens is 1. The van der Waals surface area contributed by atoms with E-state index in [1.165, 1.54) is 37.7 Å². The predicted molar refractivity (Wildman–Crippen MR) is 80.8 cm³/mol. The normalized spacial score (nSPS) is 16.2. The highest BCUT2D eigenvalue weighted by molar-refractivity contribution is 5.64. The van der Waals surface area contributed by atoms with E-state index >= 15 is 0 Å². The molecule has 1 saturated carbocycles. The summed E-state index contributed by atoms with van der Waals surface area (Å²) < 4.78 is 5.54. The molecule has 0 bridgehead atoms. The first-order chi connectivity index (χ1) is 9.78. The Morgan fingerprint density at radius 3 is 2.65 bits per heavy atom. The van der Waals surface area contributed by atoms with E-state index in [1.54, 1.807) is 7.11 Å². The van der Waals surface area contributed by atoms with Gasteiger partial charge in [-0.2, -0.15) is 5.10 Å². The Hall–Kier alpha value is -1.97. The number of anilines is 1. The summed E-state index contributed by atoms with van der Waals surface area (Å²) >= 11 is 0. The highest BCUT2D eigenvalue weighted by atomic mass is 16.5. The molecule has 4 heteroatoms. The summed E-state index contributed by atoms with van der Waals surface area (Å²) in [6.45, 7) is 0. The number of benzene rings is 1. The second-order valence-electron chi connectivity index (χ2n) is 5.50. The lowest BCUT2D eigenvalue weighted by Gasteiger charge is -2.24. The van der Waals surface area contributed by atoms with Gasteiger partial charge in [-0.25, -0.2) is 0 Å². The Balaban J connectivity index is 1.97. The molecule has 0 saturated heterocycles. The third kappa shape index (κ3) is 2.50. The maximum atomic E-state index is 5.69. The van der Waals surface area contributed by atoms with Gasteiger partial charge in [0.25, 0.3) is 0 Å². The Bertz CT molecular complexity index is 585. The Morgan fingerprint density at radius 2 is 2.00 bits per heavy atom. The largest absolute Gasteiger partial charge is 0.496 e. The summed E-state index contributed by atoms with van der Waals surface area (Å²) in [4.78, 5) is 0. The van der Waals surface area contributed by atoms with Crippen molar-refractivity contribution < 1.29 is 4.74 Å². The lowest BCUT2D eigenvalue weighted by Crippen LogP contribution is -2.06. The molecule has 0 atom stereocenters. The average molecular weight is 271 g/mol. The van der Waals surface area contributed by atoms with Gasteiger partial charge in [0.15, 0.2) is 0 Å². The van der Waals surface area contributed by atoms with Crippen molar-refractivity contribution in [3.8, 4) is 17.0 Å². The predicted octanol–water partition coefficient (Wildman–Crippen LogP) is 3.72. The zero-order chi connectivity index (χ0) is 13.9. The molecular formula is C16H21N3O. The Kier molecular flexibility index (Phi) is 3.63. The molecule has 1 aromatic carbocycles. The van der Waals surface area contributed by atoms with Crippen molar-refractivity contribution >= 4 is 5.82 Å². The van der Waals surface area contributed by atoms with E-state index in [4.69, 9.17) is 10.5 Å². The topological polar surface area (TPSA) is 63.9 Å². The number of nitrogens with zero attached hydrogens (tertiary/aromatic N) is 1. The van der Waals surface area contributed by atoms with Gasteiger partial charge in [0.1, 0.15) is 11.6 Å². The van der Waals surface area contributed by atoms with Crippen LogP contribution in [0, 0.1) is 0 Å². The minimum absolute atomic E-state index is 0.523. The summed E-state index contributed by atoms with van der Waals surface area (Å²) in [5.41, 5.74) is 9.08. The third-order valence-corrected chi connectivity index (χ3v) is 4.18. The van der Waals surface area contributed by atoms with Crippen molar-refractivity contribution in [1.29, 1.82) is 0 Å². The lowest BCUT2D eigenvalue weighted by molar-refractivity contribution is 0.387. The molecule has 1 aliphatic rings. The molecule has 4 nitrogen and oxygen atoms in total. The van der Waals surface area contributed by atoms with E-state index in [0.717, 1.165) is 17.0 Å². The lowest BCUT2D eigenvalue weighted by atomic mass is 9.83. The fourth-order valence-corrected chi connectivity index (χ4v) is 3.12. The van der Waals surface area contributed by atoms with Gasteiger partial charge in [-0.05, 0) is 42.5 Å². The van der Waals surface area contributed by atoms with Crippen LogP contribution in [0.5, 0.6) is 5.75 Å².